The van der Waals surface area contributed by atoms with Crippen LogP contribution >= 0.6 is 11.6 Å². The van der Waals surface area contributed by atoms with Gasteiger partial charge in [-0.15, -0.1) is 0 Å². The van der Waals surface area contributed by atoms with Crippen LogP contribution in [0.3, 0.4) is 0 Å². The van der Waals surface area contributed by atoms with Crippen LogP contribution in [0, 0.1) is 5.41 Å². The summed E-state index contributed by atoms with van der Waals surface area (Å²) < 4.78 is 5.70. The molecular formula is C16H25ClN2O2. The summed E-state index contributed by atoms with van der Waals surface area (Å²) in [5, 5.41) is 0.515. The van der Waals surface area contributed by atoms with Gasteiger partial charge in [-0.3, -0.25) is 4.79 Å². The van der Waals surface area contributed by atoms with Gasteiger partial charge in [-0.2, -0.15) is 0 Å². The van der Waals surface area contributed by atoms with Crippen LogP contribution in [-0.2, 0) is 0 Å². The fourth-order valence-corrected chi connectivity index (χ4v) is 2.18. The van der Waals surface area contributed by atoms with E-state index in [0.29, 0.717) is 29.4 Å². The van der Waals surface area contributed by atoms with Gasteiger partial charge in [0.1, 0.15) is 5.75 Å². The largest absolute Gasteiger partial charge is 0.490 e. The first-order valence-corrected chi connectivity index (χ1v) is 7.46. The summed E-state index contributed by atoms with van der Waals surface area (Å²) in [4.78, 5) is 14.3. The Kier molecular flexibility index (Phi) is 6.05. The molecule has 2 N–H and O–H groups in total. The maximum Gasteiger partial charge on any atom is 0.257 e. The first-order valence-electron chi connectivity index (χ1n) is 7.08. The third-order valence-corrected chi connectivity index (χ3v) is 3.33. The fourth-order valence-electron chi connectivity index (χ4n) is 2.01. The molecule has 0 aliphatic heterocycles. The van der Waals surface area contributed by atoms with Gasteiger partial charge in [0.15, 0.2) is 0 Å². The van der Waals surface area contributed by atoms with E-state index >= 15 is 0 Å². The molecule has 1 amide bonds. The number of halogens is 1. The van der Waals surface area contributed by atoms with Gasteiger partial charge in [0.25, 0.3) is 5.91 Å². The van der Waals surface area contributed by atoms with Crippen molar-refractivity contribution < 1.29 is 9.53 Å². The standard InChI is InChI=1S/C16H25ClN2O2/c1-11(2)21-14-7-6-12(17)8-13(14)15(20)19(5)10-16(3,4)9-18/h6-8,11H,9-10,18H2,1-5H3. The second-order valence-corrected chi connectivity index (χ2v) is 6.77. The summed E-state index contributed by atoms with van der Waals surface area (Å²) >= 11 is 6.02. The lowest BCUT2D eigenvalue weighted by atomic mass is 9.93. The molecule has 0 bridgehead atoms. The Hall–Kier alpha value is -1.26. The molecule has 118 valence electrons. The number of hydrogen-bond donors (Lipinski definition) is 1. The molecule has 0 fully saturated rings. The number of nitrogens with zero attached hydrogens (tertiary/aromatic N) is 1. The fraction of sp³-hybridized carbons (Fsp3) is 0.562. The summed E-state index contributed by atoms with van der Waals surface area (Å²) in [5.74, 6) is 0.437. The van der Waals surface area contributed by atoms with Gasteiger partial charge in [0, 0.05) is 18.6 Å². The summed E-state index contributed by atoms with van der Waals surface area (Å²) in [6.07, 6.45) is -0.0106. The number of nitrogens with two attached hydrogens (primary N) is 1. The molecular weight excluding hydrogens is 288 g/mol. The summed E-state index contributed by atoms with van der Waals surface area (Å²) in [6, 6.07) is 5.10. The van der Waals surface area contributed by atoms with Crippen LogP contribution in [0.15, 0.2) is 18.2 Å². The lowest BCUT2D eigenvalue weighted by molar-refractivity contribution is 0.0734. The zero-order valence-electron chi connectivity index (χ0n) is 13.4. The monoisotopic (exact) mass is 312 g/mol. The summed E-state index contributed by atoms with van der Waals surface area (Å²) in [6.45, 7) is 8.97. The van der Waals surface area contributed by atoms with Crippen LogP contribution in [0.1, 0.15) is 38.1 Å². The molecule has 0 unspecified atom stereocenters. The quantitative estimate of drug-likeness (QED) is 0.877. The molecule has 1 aromatic rings. The van der Waals surface area contributed by atoms with Gasteiger partial charge in [0.2, 0.25) is 0 Å². The first-order chi connectivity index (χ1) is 9.66. The molecule has 0 saturated carbocycles. The van der Waals surface area contributed by atoms with Gasteiger partial charge in [-0.25, -0.2) is 0 Å². The molecule has 1 rings (SSSR count). The first kappa shape index (κ1) is 17.8. The number of ether oxygens (including phenoxy) is 1. The van der Waals surface area contributed by atoms with Crippen molar-refractivity contribution in [3.05, 3.63) is 28.8 Å². The molecule has 5 heteroatoms. The number of amides is 1. The zero-order valence-corrected chi connectivity index (χ0v) is 14.2. The van der Waals surface area contributed by atoms with Crippen LogP contribution in [0.4, 0.5) is 0 Å². The molecule has 0 heterocycles. The lowest BCUT2D eigenvalue weighted by Gasteiger charge is -2.29. The van der Waals surface area contributed by atoms with Crippen LogP contribution in [0.25, 0.3) is 0 Å². The molecule has 1 aromatic carbocycles. The highest BCUT2D eigenvalue weighted by molar-refractivity contribution is 6.31. The predicted octanol–water partition coefficient (Wildman–Crippen LogP) is 3.18. The van der Waals surface area contributed by atoms with Crippen molar-refractivity contribution in [3.8, 4) is 5.75 Å². The van der Waals surface area contributed by atoms with E-state index in [9.17, 15) is 4.79 Å². The smallest absolute Gasteiger partial charge is 0.257 e. The summed E-state index contributed by atoms with van der Waals surface area (Å²) in [5.41, 5.74) is 6.07. The van der Waals surface area contributed by atoms with Crippen LogP contribution in [0.5, 0.6) is 5.75 Å². The van der Waals surface area contributed by atoms with Crippen LogP contribution in [0.2, 0.25) is 5.02 Å². The van der Waals surface area contributed by atoms with E-state index in [0.717, 1.165) is 0 Å². The van der Waals surface area contributed by atoms with Gasteiger partial charge < -0.3 is 15.4 Å². The SMILES string of the molecule is CC(C)Oc1ccc(Cl)cc1C(=O)N(C)CC(C)(C)CN. The molecule has 0 atom stereocenters. The third-order valence-electron chi connectivity index (χ3n) is 3.10. The zero-order chi connectivity index (χ0) is 16.2. The van der Waals surface area contributed by atoms with Gasteiger partial charge in [-0.1, -0.05) is 25.4 Å². The van der Waals surface area contributed by atoms with Crippen molar-refractivity contribution in [1.29, 1.82) is 0 Å². The van der Waals surface area contributed by atoms with E-state index in [1.165, 1.54) is 0 Å². The Balaban J connectivity index is 3.02. The molecule has 0 aromatic heterocycles. The van der Waals surface area contributed by atoms with E-state index in [2.05, 4.69) is 0 Å². The molecule has 4 nitrogen and oxygen atoms in total. The van der Waals surface area contributed by atoms with E-state index in [4.69, 9.17) is 22.1 Å². The normalized spacial score (nSPS) is 11.6. The highest BCUT2D eigenvalue weighted by Gasteiger charge is 2.24. The number of carbonyl (C=O) groups is 1. The lowest BCUT2D eigenvalue weighted by Crippen LogP contribution is -2.39. The predicted molar refractivity (Wildman–Crippen MR) is 87.0 cm³/mol. The minimum absolute atomic E-state index is 0.0106. The minimum Gasteiger partial charge on any atom is -0.490 e. The van der Waals surface area contributed by atoms with Crippen molar-refractivity contribution in [2.24, 2.45) is 11.1 Å². The van der Waals surface area contributed by atoms with E-state index in [1.54, 1.807) is 30.1 Å². The maximum absolute atomic E-state index is 12.6. The Bertz CT molecular complexity index is 501. The number of benzene rings is 1. The molecule has 0 saturated heterocycles. The minimum atomic E-state index is -0.137. The Morgan fingerprint density at radius 2 is 2.05 bits per heavy atom. The molecule has 0 spiro atoms. The van der Waals surface area contributed by atoms with Crippen LogP contribution < -0.4 is 10.5 Å². The Labute approximate surface area is 132 Å². The maximum atomic E-state index is 12.6. The second kappa shape index (κ2) is 7.14. The summed E-state index contributed by atoms with van der Waals surface area (Å²) in [7, 11) is 1.76. The van der Waals surface area contributed by atoms with E-state index in [-0.39, 0.29) is 17.4 Å². The highest BCUT2D eigenvalue weighted by atomic mass is 35.5. The molecule has 0 radical (unpaired) electrons. The van der Waals surface area contributed by atoms with Gasteiger partial charge in [-0.05, 0) is 44.0 Å². The van der Waals surface area contributed by atoms with Crippen molar-refractivity contribution in [2.45, 2.75) is 33.8 Å². The average Bonchev–Trinajstić information content (AvgIpc) is 2.39. The Morgan fingerprint density at radius 3 is 2.57 bits per heavy atom. The topological polar surface area (TPSA) is 55.6 Å². The van der Waals surface area contributed by atoms with Gasteiger partial charge >= 0.3 is 0 Å². The number of rotatable bonds is 6. The molecule has 0 aliphatic rings. The van der Waals surface area contributed by atoms with Crippen molar-refractivity contribution in [2.75, 3.05) is 20.1 Å². The van der Waals surface area contributed by atoms with Crippen molar-refractivity contribution >= 4 is 17.5 Å². The van der Waals surface area contributed by atoms with Crippen LogP contribution in [-0.4, -0.2) is 37.0 Å². The molecule has 21 heavy (non-hydrogen) atoms. The highest BCUT2D eigenvalue weighted by Crippen LogP contribution is 2.26. The second-order valence-electron chi connectivity index (χ2n) is 6.34. The molecule has 0 aliphatic carbocycles. The average molecular weight is 313 g/mol. The van der Waals surface area contributed by atoms with E-state index < -0.39 is 0 Å². The van der Waals surface area contributed by atoms with Crippen molar-refractivity contribution in [3.63, 3.8) is 0 Å². The number of carbonyl (C=O) groups excluding carboxylic acids is 1. The van der Waals surface area contributed by atoms with E-state index in [1.807, 2.05) is 27.7 Å². The third kappa shape index (κ3) is 5.21. The Morgan fingerprint density at radius 1 is 1.43 bits per heavy atom. The van der Waals surface area contributed by atoms with Crippen molar-refractivity contribution in [1.82, 2.24) is 4.90 Å². The number of hydrogen-bond acceptors (Lipinski definition) is 3. The van der Waals surface area contributed by atoms with Gasteiger partial charge in [0.05, 0.1) is 11.7 Å².